The van der Waals surface area contributed by atoms with Gasteiger partial charge in [0.05, 0.1) is 6.61 Å². The highest BCUT2D eigenvalue weighted by molar-refractivity contribution is 7.08. The van der Waals surface area contributed by atoms with Gasteiger partial charge in [0.15, 0.2) is 0 Å². The first-order valence-electron chi connectivity index (χ1n) is 4.08. The second kappa shape index (κ2) is 2.86. The summed E-state index contributed by atoms with van der Waals surface area (Å²) in [5, 5.41) is 4.30. The topological polar surface area (TPSA) is 9.23 Å². The molecule has 0 aromatic carbocycles. The maximum Gasteiger partial charge on any atom is 0.133 e. The van der Waals surface area contributed by atoms with Gasteiger partial charge in [-0.2, -0.15) is 0 Å². The summed E-state index contributed by atoms with van der Waals surface area (Å²) in [6, 6.07) is 0. The Balaban J connectivity index is 2.18. The van der Waals surface area contributed by atoms with E-state index in [1.165, 1.54) is 18.4 Å². The average Bonchev–Trinajstić information content (AvgIpc) is 2.50. The predicted octanol–water partition coefficient (Wildman–Crippen LogP) is 2.71. The second-order valence-corrected chi connectivity index (χ2v) is 3.79. The lowest BCUT2D eigenvalue weighted by molar-refractivity contribution is 0.220. The van der Waals surface area contributed by atoms with Crippen molar-refractivity contribution in [2.75, 3.05) is 6.61 Å². The Bertz CT molecular complexity index is 241. The zero-order chi connectivity index (χ0) is 7.68. The largest absolute Gasteiger partial charge is 0.492 e. The molecular formula is C9H12OS. The number of thiophene rings is 1. The molecule has 1 aromatic heterocycles. The lowest BCUT2D eigenvalue weighted by Gasteiger charge is -2.21. The Labute approximate surface area is 71.0 Å². The minimum Gasteiger partial charge on any atom is -0.492 e. The Hall–Kier alpha value is -0.500. The zero-order valence-corrected chi connectivity index (χ0v) is 7.49. The van der Waals surface area contributed by atoms with E-state index in [0.29, 0.717) is 0 Å². The van der Waals surface area contributed by atoms with Crippen LogP contribution >= 0.6 is 11.3 Å². The van der Waals surface area contributed by atoms with Gasteiger partial charge in [-0.25, -0.2) is 0 Å². The molecule has 1 unspecified atom stereocenters. The van der Waals surface area contributed by atoms with Crippen LogP contribution in [0.1, 0.15) is 18.9 Å². The van der Waals surface area contributed by atoms with Crippen LogP contribution < -0.4 is 4.74 Å². The molecule has 2 heterocycles. The summed E-state index contributed by atoms with van der Waals surface area (Å²) in [6.07, 6.45) is 2.45. The highest BCUT2D eigenvalue weighted by atomic mass is 32.1. The van der Waals surface area contributed by atoms with Gasteiger partial charge in [0, 0.05) is 10.9 Å². The third-order valence-corrected chi connectivity index (χ3v) is 3.03. The molecule has 11 heavy (non-hydrogen) atoms. The van der Waals surface area contributed by atoms with Gasteiger partial charge in [0.1, 0.15) is 5.75 Å². The molecule has 1 aliphatic rings. The fourth-order valence-corrected chi connectivity index (χ4v) is 2.21. The fourth-order valence-electron chi connectivity index (χ4n) is 1.43. The summed E-state index contributed by atoms with van der Waals surface area (Å²) in [7, 11) is 0. The van der Waals surface area contributed by atoms with Crippen molar-refractivity contribution in [2.24, 2.45) is 5.92 Å². The summed E-state index contributed by atoms with van der Waals surface area (Å²) in [5.74, 6) is 1.87. The van der Waals surface area contributed by atoms with Gasteiger partial charge in [-0.1, -0.05) is 6.92 Å². The van der Waals surface area contributed by atoms with Gasteiger partial charge in [-0.3, -0.25) is 0 Å². The summed E-state index contributed by atoms with van der Waals surface area (Å²) in [5.41, 5.74) is 1.41. The molecule has 1 nitrogen and oxygen atoms in total. The fraction of sp³-hybridized carbons (Fsp3) is 0.556. The summed E-state index contributed by atoms with van der Waals surface area (Å²) < 4.78 is 5.58. The minimum atomic E-state index is 0.747. The SMILES string of the molecule is CCC1COc2cscc2C1. The quantitative estimate of drug-likeness (QED) is 0.626. The molecule has 0 saturated heterocycles. The van der Waals surface area contributed by atoms with E-state index in [1.807, 2.05) is 0 Å². The molecule has 0 fully saturated rings. The van der Waals surface area contributed by atoms with Crippen LogP contribution in [0.15, 0.2) is 10.8 Å². The summed E-state index contributed by atoms with van der Waals surface area (Å²) >= 11 is 1.74. The van der Waals surface area contributed by atoms with Crippen LogP contribution in [-0.2, 0) is 6.42 Å². The van der Waals surface area contributed by atoms with Gasteiger partial charge >= 0.3 is 0 Å². The van der Waals surface area contributed by atoms with E-state index in [-0.39, 0.29) is 0 Å². The van der Waals surface area contributed by atoms with E-state index in [1.54, 1.807) is 11.3 Å². The molecule has 1 aromatic rings. The normalized spacial score (nSPS) is 22.5. The Morgan fingerprint density at radius 1 is 1.64 bits per heavy atom. The van der Waals surface area contributed by atoms with Gasteiger partial charge in [0.25, 0.3) is 0 Å². The van der Waals surface area contributed by atoms with E-state index in [4.69, 9.17) is 4.74 Å². The Morgan fingerprint density at radius 3 is 3.36 bits per heavy atom. The zero-order valence-electron chi connectivity index (χ0n) is 6.67. The standard InChI is InChI=1S/C9H12OS/c1-2-7-3-8-5-11-6-9(8)10-4-7/h5-7H,2-4H2,1H3. The minimum absolute atomic E-state index is 0.747. The first-order chi connectivity index (χ1) is 5.40. The second-order valence-electron chi connectivity index (χ2n) is 3.05. The van der Waals surface area contributed by atoms with Crippen LogP contribution in [0, 0.1) is 5.92 Å². The van der Waals surface area contributed by atoms with Crippen LogP contribution in [0.3, 0.4) is 0 Å². The molecule has 0 N–H and O–H groups in total. The average molecular weight is 168 g/mol. The number of fused-ring (bicyclic) bond motifs is 1. The molecule has 60 valence electrons. The number of hydrogen-bond acceptors (Lipinski definition) is 2. The third kappa shape index (κ3) is 1.27. The molecule has 0 saturated carbocycles. The first kappa shape index (κ1) is 7.17. The first-order valence-corrected chi connectivity index (χ1v) is 5.02. The van der Waals surface area contributed by atoms with Crippen molar-refractivity contribution in [3.8, 4) is 5.75 Å². The lowest BCUT2D eigenvalue weighted by Crippen LogP contribution is -2.18. The summed E-state index contributed by atoms with van der Waals surface area (Å²) in [4.78, 5) is 0. The smallest absolute Gasteiger partial charge is 0.133 e. The van der Waals surface area contributed by atoms with E-state index in [2.05, 4.69) is 17.7 Å². The highest BCUT2D eigenvalue weighted by Crippen LogP contribution is 2.31. The maximum absolute atomic E-state index is 5.58. The van der Waals surface area contributed by atoms with Crippen molar-refractivity contribution in [3.05, 3.63) is 16.3 Å². The highest BCUT2D eigenvalue weighted by Gasteiger charge is 2.18. The number of hydrogen-bond donors (Lipinski definition) is 0. The molecule has 0 radical (unpaired) electrons. The monoisotopic (exact) mass is 168 g/mol. The van der Waals surface area contributed by atoms with E-state index >= 15 is 0 Å². The molecule has 1 atom stereocenters. The van der Waals surface area contributed by atoms with E-state index in [9.17, 15) is 0 Å². The van der Waals surface area contributed by atoms with Gasteiger partial charge < -0.3 is 4.74 Å². The van der Waals surface area contributed by atoms with Crippen molar-refractivity contribution in [1.29, 1.82) is 0 Å². The molecular weight excluding hydrogens is 156 g/mol. The van der Waals surface area contributed by atoms with Gasteiger partial charge in [-0.05, 0) is 24.1 Å². The summed E-state index contributed by atoms with van der Waals surface area (Å²) in [6.45, 7) is 3.14. The van der Waals surface area contributed by atoms with Gasteiger partial charge in [-0.15, -0.1) is 11.3 Å². The molecule has 0 spiro atoms. The van der Waals surface area contributed by atoms with Crippen LogP contribution in [0.5, 0.6) is 5.75 Å². The maximum atomic E-state index is 5.58. The number of ether oxygens (including phenoxy) is 1. The molecule has 2 heteroatoms. The lowest BCUT2D eigenvalue weighted by atomic mass is 9.97. The van der Waals surface area contributed by atoms with Crippen LogP contribution in [0.4, 0.5) is 0 Å². The molecule has 1 aliphatic heterocycles. The van der Waals surface area contributed by atoms with Crippen LogP contribution in [-0.4, -0.2) is 6.61 Å². The van der Waals surface area contributed by atoms with E-state index < -0.39 is 0 Å². The molecule has 0 aliphatic carbocycles. The van der Waals surface area contributed by atoms with Crippen LogP contribution in [0.25, 0.3) is 0 Å². The van der Waals surface area contributed by atoms with Crippen molar-refractivity contribution < 1.29 is 4.74 Å². The molecule has 2 rings (SSSR count). The predicted molar refractivity (Wildman–Crippen MR) is 47.3 cm³/mol. The van der Waals surface area contributed by atoms with Crippen molar-refractivity contribution in [3.63, 3.8) is 0 Å². The Morgan fingerprint density at radius 2 is 2.55 bits per heavy atom. The van der Waals surface area contributed by atoms with Crippen molar-refractivity contribution in [1.82, 2.24) is 0 Å². The molecule has 0 amide bonds. The third-order valence-electron chi connectivity index (χ3n) is 2.26. The number of rotatable bonds is 1. The van der Waals surface area contributed by atoms with Gasteiger partial charge in [0.2, 0.25) is 0 Å². The van der Waals surface area contributed by atoms with Crippen LogP contribution in [0.2, 0.25) is 0 Å². The Kier molecular flexibility index (Phi) is 1.86. The molecule has 0 bridgehead atoms. The van der Waals surface area contributed by atoms with Crippen molar-refractivity contribution >= 4 is 11.3 Å². The van der Waals surface area contributed by atoms with Crippen molar-refractivity contribution in [2.45, 2.75) is 19.8 Å². The van der Waals surface area contributed by atoms with E-state index in [0.717, 1.165) is 18.3 Å².